The maximum absolute atomic E-state index is 15.2. The lowest BCUT2D eigenvalue weighted by Crippen LogP contribution is -2.59. The van der Waals surface area contributed by atoms with Crippen LogP contribution < -0.4 is 11.1 Å². The minimum absolute atomic E-state index is 0.0292. The lowest BCUT2D eigenvalue weighted by molar-refractivity contribution is -0.120. The summed E-state index contributed by atoms with van der Waals surface area (Å²) in [5, 5.41) is 3.01. The van der Waals surface area contributed by atoms with Crippen molar-refractivity contribution in [3.8, 4) is 0 Å². The van der Waals surface area contributed by atoms with Gasteiger partial charge in [0, 0.05) is 50.7 Å². The van der Waals surface area contributed by atoms with Crippen LogP contribution in [-0.2, 0) is 32.4 Å². The van der Waals surface area contributed by atoms with Gasteiger partial charge in [-0.3, -0.25) is 4.79 Å². The molecular formula is C31H41F2N3O4S. The Morgan fingerprint density at radius 2 is 1.78 bits per heavy atom. The van der Waals surface area contributed by atoms with Crippen LogP contribution in [0.15, 0.2) is 42.5 Å². The third kappa shape index (κ3) is 6.88. The van der Waals surface area contributed by atoms with Crippen LogP contribution in [0, 0.1) is 17.6 Å². The van der Waals surface area contributed by atoms with Gasteiger partial charge in [0.1, 0.15) is 11.6 Å². The van der Waals surface area contributed by atoms with Gasteiger partial charge < -0.3 is 15.8 Å². The van der Waals surface area contributed by atoms with Crippen molar-refractivity contribution < 1.29 is 26.7 Å². The Bertz CT molecular complexity index is 1310. The topological polar surface area (TPSA) is 102 Å². The molecule has 2 aromatic carbocycles. The summed E-state index contributed by atoms with van der Waals surface area (Å²) in [4.78, 5) is 13.7. The van der Waals surface area contributed by atoms with E-state index >= 15 is 4.39 Å². The largest absolute Gasteiger partial charge is 0.381 e. The Balaban J connectivity index is 1.33. The van der Waals surface area contributed by atoms with Gasteiger partial charge in [0.2, 0.25) is 10.0 Å². The molecule has 0 spiro atoms. The van der Waals surface area contributed by atoms with Crippen LogP contribution in [0.4, 0.5) is 8.78 Å². The first-order chi connectivity index (χ1) is 19.7. The zero-order chi connectivity index (χ0) is 29.1. The number of nitrogens with two attached hydrogens (primary N) is 1. The Kier molecular flexibility index (Phi) is 9.55. The molecule has 2 saturated heterocycles. The number of nitrogens with one attached hydrogen (secondary N) is 1. The Labute approximate surface area is 241 Å². The summed E-state index contributed by atoms with van der Waals surface area (Å²) in [6.07, 6.45) is 3.61. The van der Waals surface area contributed by atoms with Crippen molar-refractivity contribution in [1.29, 1.82) is 0 Å². The molecule has 0 radical (unpaired) electrons. The molecular weight excluding hydrogens is 548 g/mol. The van der Waals surface area contributed by atoms with E-state index in [1.807, 2.05) is 6.92 Å². The van der Waals surface area contributed by atoms with Crippen molar-refractivity contribution in [1.82, 2.24) is 9.62 Å². The Morgan fingerprint density at radius 3 is 2.46 bits per heavy atom. The highest BCUT2D eigenvalue weighted by atomic mass is 32.2. The molecule has 224 valence electrons. The average molecular weight is 590 g/mol. The molecule has 1 aliphatic carbocycles. The van der Waals surface area contributed by atoms with Crippen LogP contribution >= 0.6 is 0 Å². The van der Waals surface area contributed by atoms with E-state index in [4.69, 9.17) is 10.5 Å². The van der Waals surface area contributed by atoms with Crippen molar-refractivity contribution in [2.75, 3.05) is 26.3 Å². The summed E-state index contributed by atoms with van der Waals surface area (Å²) in [7, 11) is -3.39. The van der Waals surface area contributed by atoms with Crippen molar-refractivity contribution in [3.63, 3.8) is 0 Å². The smallest absolute Gasteiger partial charge is 0.217 e. The normalized spacial score (nSPS) is 24.2. The molecule has 4 atom stereocenters. The van der Waals surface area contributed by atoms with Crippen LogP contribution in [0.25, 0.3) is 0 Å². The molecule has 2 heterocycles. The second kappa shape index (κ2) is 13.0. The molecule has 0 bridgehead atoms. The fourth-order valence-corrected chi connectivity index (χ4v) is 8.87. The summed E-state index contributed by atoms with van der Waals surface area (Å²) in [6.45, 7) is 4.17. The first-order valence-corrected chi connectivity index (χ1v) is 16.3. The van der Waals surface area contributed by atoms with Crippen molar-refractivity contribution in [2.24, 2.45) is 11.7 Å². The predicted molar refractivity (Wildman–Crippen MR) is 154 cm³/mol. The van der Waals surface area contributed by atoms with E-state index in [1.54, 1.807) is 28.6 Å². The van der Waals surface area contributed by atoms with E-state index in [9.17, 15) is 17.6 Å². The maximum atomic E-state index is 15.2. The predicted octanol–water partition coefficient (Wildman–Crippen LogP) is 3.70. The number of nitrogens with zero attached hydrogens (tertiary/aromatic N) is 1. The molecule has 41 heavy (non-hydrogen) atoms. The number of hydrogen-bond acceptors (Lipinski definition) is 6. The van der Waals surface area contributed by atoms with E-state index in [0.29, 0.717) is 63.1 Å². The van der Waals surface area contributed by atoms with Gasteiger partial charge in [0.05, 0.1) is 11.3 Å². The van der Waals surface area contributed by atoms with Gasteiger partial charge in [0.25, 0.3) is 0 Å². The number of benzene rings is 2. The highest BCUT2D eigenvalue weighted by Crippen LogP contribution is 2.36. The summed E-state index contributed by atoms with van der Waals surface area (Å²) in [5.74, 6) is -1.16. The molecule has 0 amide bonds. The molecule has 5 rings (SSSR count). The van der Waals surface area contributed by atoms with Gasteiger partial charge in [-0.15, -0.1) is 0 Å². The van der Waals surface area contributed by atoms with Crippen LogP contribution in [0.3, 0.4) is 0 Å². The summed E-state index contributed by atoms with van der Waals surface area (Å²) in [5.41, 5.74) is 8.46. The van der Waals surface area contributed by atoms with Gasteiger partial charge in [-0.25, -0.2) is 17.2 Å². The monoisotopic (exact) mass is 589 g/mol. The molecule has 3 N–H and O–H groups in total. The van der Waals surface area contributed by atoms with E-state index in [0.717, 1.165) is 18.4 Å². The molecule has 2 aromatic rings. The Hall–Kier alpha value is -2.24. The third-order valence-electron chi connectivity index (χ3n) is 8.95. The highest BCUT2D eigenvalue weighted by Gasteiger charge is 2.45. The molecule has 2 aliphatic heterocycles. The van der Waals surface area contributed by atoms with Crippen LogP contribution in [-0.4, -0.2) is 68.2 Å². The fraction of sp³-hybridized carbons (Fsp3) is 0.581. The first-order valence-electron chi connectivity index (χ1n) is 14.8. The van der Waals surface area contributed by atoms with E-state index < -0.39 is 21.9 Å². The van der Waals surface area contributed by atoms with Gasteiger partial charge in [-0.05, 0) is 86.3 Å². The lowest BCUT2D eigenvalue weighted by atomic mass is 9.75. The van der Waals surface area contributed by atoms with Crippen LogP contribution in [0.1, 0.15) is 61.6 Å². The van der Waals surface area contributed by atoms with Crippen LogP contribution in [0.5, 0.6) is 0 Å². The average Bonchev–Trinajstić information content (AvgIpc) is 3.81. The van der Waals surface area contributed by atoms with Crippen molar-refractivity contribution in [3.05, 3.63) is 70.8 Å². The van der Waals surface area contributed by atoms with Crippen molar-refractivity contribution >= 4 is 15.8 Å². The number of ketones is 1. The summed E-state index contributed by atoms with van der Waals surface area (Å²) < 4.78 is 62.5. The number of piperazine rings is 1. The number of sulfonamides is 1. The number of carbonyl (C=O) groups excluding carboxylic acids is 1. The Morgan fingerprint density at radius 1 is 1.07 bits per heavy atom. The first kappa shape index (κ1) is 30.2. The molecule has 3 fully saturated rings. The number of ether oxygens (including phenoxy) is 1. The van der Waals surface area contributed by atoms with Gasteiger partial charge in [0.15, 0.2) is 5.78 Å². The van der Waals surface area contributed by atoms with Gasteiger partial charge >= 0.3 is 0 Å². The number of carbonyl (C=O) groups is 1. The minimum atomic E-state index is -3.39. The quantitative estimate of drug-likeness (QED) is 0.415. The number of Topliss-reactive ketones (excluding diaryl/α,β-unsaturated/α-hetero) is 1. The zero-order valence-corrected chi connectivity index (χ0v) is 24.4. The molecule has 3 aliphatic rings. The standard InChI is InChI=1S/C31H41F2N3O4S/c1-20-18-35-19-25(36(20)41(38,39)26-10-11-26)9-12-27-23(3-2-4-28(27)33)17-29(37)31(34)30(22-13-15-40-16-14-22)21-5-7-24(32)8-6-21/h2-8,20,22,25-26,30-31,35H,9-19,34H2,1H3/t20-,25-,30-,31+/m0/s1. The van der Waals surface area contributed by atoms with Crippen molar-refractivity contribution in [2.45, 2.75) is 81.2 Å². The van der Waals surface area contributed by atoms with E-state index in [2.05, 4.69) is 5.32 Å². The van der Waals surface area contributed by atoms with Crippen LogP contribution in [0.2, 0.25) is 0 Å². The fourth-order valence-electron chi connectivity index (χ4n) is 6.62. The van der Waals surface area contributed by atoms with E-state index in [1.165, 1.54) is 18.2 Å². The highest BCUT2D eigenvalue weighted by molar-refractivity contribution is 7.90. The van der Waals surface area contributed by atoms with Gasteiger partial charge in [-0.1, -0.05) is 24.3 Å². The SMILES string of the molecule is C[C@H]1CNC[C@H](CCc2c(F)cccc2CC(=O)[C@@H](N)[C@@H](c2ccc(F)cc2)C2CCOCC2)N1S(=O)(=O)C1CC1. The van der Waals surface area contributed by atoms with Gasteiger partial charge in [-0.2, -0.15) is 4.31 Å². The van der Waals surface area contributed by atoms with E-state index in [-0.39, 0.29) is 47.2 Å². The molecule has 7 nitrogen and oxygen atoms in total. The third-order valence-corrected chi connectivity index (χ3v) is 11.5. The summed E-state index contributed by atoms with van der Waals surface area (Å²) in [6, 6.07) is 9.58. The zero-order valence-electron chi connectivity index (χ0n) is 23.6. The molecule has 10 heteroatoms. The molecule has 1 saturated carbocycles. The number of halogens is 2. The molecule has 0 unspecified atom stereocenters. The second-order valence-electron chi connectivity index (χ2n) is 11.8. The number of hydrogen-bond donors (Lipinski definition) is 2. The maximum Gasteiger partial charge on any atom is 0.217 e. The molecule has 0 aromatic heterocycles. The second-order valence-corrected chi connectivity index (χ2v) is 14.0. The minimum Gasteiger partial charge on any atom is -0.381 e. The lowest BCUT2D eigenvalue weighted by Gasteiger charge is -2.40. The summed E-state index contributed by atoms with van der Waals surface area (Å²) >= 11 is 0. The number of rotatable bonds is 11.